The molecule has 0 saturated carbocycles. The molecule has 0 bridgehead atoms. The largest absolute Gasteiger partial charge is 0.480 e. The van der Waals surface area contributed by atoms with Gasteiger partial charge in [-0.1, -0.05) is 0 Å². The number of thioether (sulfide) groups is 1. The Balaban J connectivity index is 2.04. The normalized spacial score (nSPS) is 17.8. The van der Waals surface area contributed by atoms with Crippen LogP contribution in [0.1, 0.15) is 5.56 Å². The van der Waals surface area contributed by atoms with Gasteiger partial charge in [0.05, 0.1) is 17.5 Å². The Morgan fingerprint density at radius 1 is 1.42 bits per heavy atom. The van der Waals surface area contributed by atoms with E-state index in [4.69, 9.17) is 10.4 Å². The first-order valence-electron chi connectivity index (χ1n) is 5.50. The van der Waals surface area contributed by atoms with Crippen molar-refractivity contribution in [2.75, 3.05) is 16.9 Å². The topological polar surface area (TPSA) is 93.4 Å². The molecule has 1 saturated heterocycles. The third-order valence-corrected chi connectivity index (χ3v) is 3.71. The predicted molar refractivity (Wildman–Crippen MR) is 70.8 cm³/mol. The number of hydrogen-bond acceptors (Lipinski definition) is 4. The fourth-order valence-electron chi connectivity index (χ4n) is 1.67. The summed E-state index contributed by atoms with van der Waals surface area (Å²) in [4.78, 5) is 24.2. The Morgan fingerprint density at radius 3 is 2.68 bits per heavy atom. The van der Waals surface area contributed by atoms with Gasteiger partial charge in [0.2, 0.25) is 0 Å². The smallest absolute Gasteiger partial charge is 0.327 e. The minimum absolute atomic E-state index is 0.360. The van der Waals surface area contributed by atoms with E-state index in [0.717, 1.165) is 0 Å². The van der Waals surface area contributed by atoms with Gasteiger partial charge in [-0.3, -0.25) is 0 Å². The highest BCUT2D eigenvalue weighted by Gasteiger charge is 2.34. The van der Waals surface area contributed by atoms with E-state index in [1.807, 2.05) is 6.07 Å². The number of nitrogens with one attached hydrogen (secondary N) is 1. The summed E-state index contributed by atoms with van der Waals surface area (Å²) >= 11 is 1.40. The fraction of sp³-hybridized carbons (Fsp3) is 0.250. The van der Waals surface area contributed by atoms with Gasteiger partial charge >= 0.3 is 12.0 Å². The zero-order chi connectivity index (χ0) is 13.8. The number of urea groups is 1. The van der Waals surface area contributed by atoms with E-state index in [0.29, 0.717) is 22.9 Å². The lowest BCUT2D eigenvalue weighted by Crippen LogP contribution is -2.43. The van der Waals surface area contributed by atoms with Gasteiger partial charge < -0.3 is 15.3 Å². The number of aliphatic carboxylic acids is 1. The SMILES string of the molecule is N#Cc1ccc(NC(=O)N2CSC[C@H]2C(=O)O)cc1. The molecule has 1 aliphatic rings. The molecule has 19 heavy (non-hydrogen) atoms. The van der Waals surface area contributed by atoms with E-state index in [1.54, 1.807) is 24.3 Å². The molecule has 0 radical (unpaired) electrons. The van der Waals surface area contributed by atoms with Crippen molar-refractivity contribution in [2.45, 2.75) is 6.04 Å². The van der Waals surface area contributed by atoms with Gasteiger partial charge in [0, 0.05) is 11.4 Å². The first-order valence-corrected chi connectivity index (χ1v) is 6.65. The minimum Gasteiger partial charge on any atom is -0.480 e. The van der Waals surface area contributed by atoms with Crippen LogP contribution in [0.2, 0.25) is 0 Å². The van der Waals surface area contributed by atoms with Gasteiger partial charge in [-0.2, -0.15) is 5.26 Å². The number of carboxylic acids is 1. The number of carboxylic acid groups (broad SMARTS) is 1. The highest BCUT2D eigenvalue weighted by molar-refractivity contribution is 7.99. The number of benzene rings is 1. The average Bonchev–Trinajstić information content (AvgIpc) is 2.89. The van der Waals surface area contributed by atoms with Crippen molar-refractivity contribution < 1.29 is 14.7 Å². The molecule has 0 spiro atoms. The fourth-order valence-corrected chi connectivity index (χ4v) is 2.82. The molecular weight excluding hydrogens is 266 g/mol. The number of carbonyl (C=O) groups is 2. The van der Waals surface area contributed by atoms with Crippen LogP contribution in [0.15, 0.2) is 24.3 Å². The summed E-state index contributed by atoms with van der Waals surface area (Å²) in [5, 5.41) is 20.3. The lowest BCUT2D eigenvalue weighted by Gasteiger charge is -2.20. The molecule has 6 nitrogen and oxygen atoms in total. The number of anilines is 1. The van der Waals surface area contributed by atoms with Gasteiger partial charge in [-0.15, -0.1) is 11.8 Å². The summed E-state index contributed by atoms with van der Waals surface area (Å²) < 4.78 is 0. The number of nitriles is 1. The van der Waals surface area contributed by atoms with Crippen LogP contribution in [-0.4, -0.2) is 39.7 Å². The second kappa shape index (κ2) is 5.63. The molecule has 1 heterocycles. The number of nitrogens with zero attached hydrogens (tertiary/aromatic N) is 2. The first kappa shape index (κ1) is 13.2. The summed E-state index contributed by atoms with van der Waals surface area (Å²) in [6.45, 7) is 0. The Morgan fingerprint density at radius 2 is 2.11 bits per heavy atom. The van der Waals surface area contributed by atoms with Gasteiger partial charge in [-0.25, -0.2) is 9.59 Å². The van der Waals surface area contributed by atoms with Crippen LogP contribution in [0.3, 0.4) is 0 Å². The first-order chi connectivity index (χ1) is 9.11. The van der Waals surface area contributed by atoms with E-state index >= 15 is 0 Å². The second-order valence-electron chi connectivity index (χ2n) is 3.94. The van der Waals surface area contributed by atoms with E-state index in [2.05, 4.69) is 5.32 Å². The molecule has 2 amide bonds. The predicted octanol–water partition coefficient (Wildman–Crippen LogP) is 1.55. The Bertz CT molecular complexity index is 538. The van der Waals surface area contributed by atoms with Crippen molar-refractivity contribution in [1.82, 2.24) is 4.90 Å². The molecule has 1 aromatic rings. The van der Waals surface area contributed by atoms with Crippen molar-refractivity contribution in [2.24, 2.45) is 0 Å². The summed E-state index contributed by atoms with van der Waals surface area (Å²) in [5.41, 5.74) is 1.03. The number of rotatable bonds is 2. The van der Waals surface area contributed by atoms with Crippen LogP contribution in [0, 0.1) is 11.3 Å². The van der Waals surface area contributed by atoms with Crippen molar-refractivity contribution in [3.8, 4) is 6.07 Å². The van der Waals surface area contributed by atoms with E-state index in [9.17, 15) is 9.59 Å². The monoisotopic (exact) mass is 277 g/mol. The third kappa shape index (κ3) is 2.98. The molecule has 2 rings (SSSR count). The van der Waals surface area contributed by atoms with Crippen LogP contribution < -0.4 is 5.32 Å². The van der Waals surface area contributed by atoms with Crippen LogP contribution in [-0.2, 0) is 4.79 Å². The average molecular weight is 277 g/mol. The molecule has 1 atom stereocenters. The molecular formula is C12H11N3O3S. The van der Waals surface area contributed by atoms with E-state index < -0.39 is 18.0 Å². The Hall–Kier alpha value is -2.20. The van der Waals surface area contributed by atoms with Gasteiger partial charge in [0.1, 0.15) is 6.04 Å². The van der Waals surface area contributed by atoms with Crippen LogP contribution in [0.5, 0.6) is 0 Å². The molecule has 1 aliphatic heterocycles. The quantitative estimate of drug-likeness (QED) is 0.855. The van der Waals surface area contributed by atoms with Gasteiger partial charge in [0.25, 0.3) is 0 Å². The Labute approximate surface area is 114 Å². The minimum atomic E-state index is -1.00. The lowest BCUT2D eigenvalue weighted by atomic mass is 10.2. The lowest BCUT2D eigenvalue weighted by molar-refractivity contribution is -0.140. The van der Waals surface area contributed by atoms with Crippen molar-refractivity contribution in [1.29, 1.82) is 5.26 Å². The van der Waals surface area contributed by atoms with Crippen LogP contribution >= 0.6 is 11.8 Å². The molecule has 0 aliphatic carbocycles. The highest BCUT2D eigenvalue weighted by atomic mass is 32.2. The molecule has 2 N–H and O–H groups in total. The number of carbonyl (C=O) groups excluding carboxylic acids is 1. The maximum atomic E-state index is 12.0. The van der Waals surface area contributed by atoms with E-state index in [1.165, 1.54) is 16.7 Å². The van der Waals surface area contributed by atoms with Gasteiger partial charge in [-0.05, 0) is 24.3 Å². The summed E-state index contributed by atoms with van der Waals surface area (Å²) in [7, 11) is 0. The maximum absolute atomic E-state index is 12.0. The van der Waals surface area contributed by atoms with Crippen molar-refractivity contribution in [3.05, 3.63) is 29.8 Å². The highest BCUT2D eigenvalue weighted by Crippen LogP contribution is 2.22. The third-order valence-electron chi connectivity index (χ3n) is 2.69. The summed E-state index contributed by atoms with van der Waals surface area (Å²) in [5.74, 6) is -0.241. The van der Waals surface area contributed by atoms with Crippen LogP contribution in [0.25, 0.3) is 0 Å². The molecule has 1 fully saturated rings. The van der Waals surface area contributed by atoms with Crippen LogP contribution in [0.4, 0.5) is 10.5 Å². The molecule has 0 aromatic heterocycles. The summed E-state index contributed by atoms with van der Waals surface area (Å²) in [6, 6.07) is 7.14. The zero-order valence-corrected chi connectivity index (χ0v) is 10.7. The van der Waals surface area contributed by atoms with Crippen molar-refractivity contribution >= 4 is 29.4 Å². The summed E-state index contributed by atoms with van der Waals surface area (Å²) in [6.07, 6.45) is 0. The molecule has 1 aromatic carbocycles. The van der Waals surface area contributed by atoms with Gasteiger partial charge in [0.15, 0.2) is 0 Å². The second-order valence-corrected chi connectivity index (χ2v) is 4.94. The zero-order valence-electron chi connectivity index (χ0n) is 9.87. The molecule has 98 valence electrons. The van der Waals surface area contributed by atoms with E-state index in [-0.39, 0.29) is 0 Å². The maximum Gasteiger partial charge on any atom is 0.327 e. The van der Waals surface area contributed by atoms with Crippen molar-refractivity contribution in [3.63, 3.8) is 0 Å². The standard InChI is InChI=1S/C12H11N3O3S/c13-5-8-1-3-9(4-2-8)14-12(18)15-7-19-6-10(15)11(16)17/h1-4,10H,6-7H2,(H,14,18)(H,16,17)/t10-/m0/s1. The molecule has 7 heteroatoms. The molecule has 0 unspecified atom stereocenters. The number of amides is 2. The number of hydrogen-bond donors (Lipinski definition) is 2. The Kier molecular flexibility index (Phi) is 3.92.